The van der Waals surface area contributed by atoms with Crippen molar-refractivity contribution in [2.24, 2.45) is 11.8 Å². The van der Waals surface area contributed by atoms with E-state index < -0.39 is 35.3 Å². The van der Waals surface area contributed by atoms with Crippen LogP contribution in [-0.2, 0) is 24.7 Å². The SMILES string of the molecule is COC(=O)[C@@]1(c2ccccc2)N[C@@H](c2ccccc2)[C@H]2C(=O)N(c3ccc(Cl)cc3)C(=O)[C@H]21. The van der Waals surface area contributed by atoms with Crippen LogP contribution in [0.1, 0.15) is 17.2 Å². The Kier molecular flexibility index (Phi) is 5.27. The van der Waals surface area contributed by atoms with Crippen molar-refractivity contribution in [3.8, 4) is 0 Å². The lowest BCUT2D eigenvalue weighted by Gasteiger charge is -2.33. The van der Waals surface area contributed by atoms with E-state index in [-0.39, 0.29) is 5.91 Å². The highest BCUT2D eigenvalue weighted by Gasteiger charge is 2.69. The highest BCUT2D eigenvalue weighted by molar-refractivity contribution is 6.31. The predicted molar refractivity (Wildman–Crippen MR) is 123 cm³/mol. The topological polar surface area (TPSA) is 75.7 Å². The van der Waals surface area contributed by atoms with E-state index >= 15 is 0 Å². The molecule has 0 bridgehead atoms. The Morgan fingerprint density at radius 3 is 2.12 bits per heavy atom. The summed E-state index contributed by atoms with van der Waals surface area (Å²) in [6.45, 7) is 0. The first-order chi connectivity index (χ1) is 16.0. The number of imide groups is 1. The van der Waals surface area contributed by atoms with E-state index in [0.717, 1.165) is 5.56 Å². The number of halogens is 1. The molecule has 2 amide bonds. The van der Waals surface area contributed by atoms with Gasteiger partial charge in [-0.15, -0.1) is 0 Å². The third-order valence-electron chi connectivity index (χ3n) is 6.54. The van der Waals surface area contributed by atoms with Gasteiger partial charge in [0, 0.05) is 11.1 Å². The van der Waals surface area contributed by atoms with Crippen LogP contribution >= 0.6 is 11.6 Å². The van der Waals surface area contributed by atoms with Gasteiger partial charge in [0.25, 0.3) is 0 Å². The summed E-state index contributed by atoms with van der Waals surface area (Å²) in [4.78, 5) is 42.3. The standard InChI is InChI=1S/C26H21ClN2O4/c1-33-25(32)26(17-10-6-3-7-11-17)21-20(22(28-26)16-8-4-2-5-9-16)23(30)29(24(21)31)19-14-12-18(27)13-15-19/h2-15,20-22,28H,1H3/t20-,21-,22-,26-/m0/s1. The Balaban J connectivity index is 1.72. The number of benzene rings is 3. The highest BCUT2D eigenvalue weighted by Crippen LogP contribution is 2.54. The lowest BCUT2D eigenvalue weighted by Crippen LogP contribution is -2.53. The summed E-state index contributed by atoms with van der Waals surface area (Å²) in [5.74, 6) is -3.21. The number of nitrogens with zero attached hydrogens (tertiary/aromatic N) is 1. The van der Waals surface area contributed by atoms with Crippen molar-refractivity contribution in [1.29, 1.82) is 0 Å². The molecule has 0 aromatic heterocycles. The molecule has 3 aromatic rings. The number of methoxy groups -OCH3 is 1. The lowest BCUT2D eigenvalue weighted by molar-refractivity contribution is -0.152. The number of nitrogens with one attached hydrogen (secondary N) is 1. The first-order valence-electron chi connectivity index (χ1n) is 10.6. The summed E-state index contributed by atoms with van der Waals surface area (Å²) < 4.78 is 5.22. The molecule has 2 aliphatic heterocycles. The van der Waals surface area contributed by atoms with Crippen LogP contribution in [0.3, 0.4) is 0 Å². The zero-order valence-electron chi connectivity index (χ0n) is 17.8. The van der Waals surface area contributed by atoms with E-state index in [1.54, 1.807) is 48.5 Å². The van der Waals surface area contributed by atoms with Gasteiger partial charge in [-0.05, 0) is 35.4 Å². The van der Waals surface area contributed by atoms with Gasteiger partial charge < -0.3 is 4.74 Å². The molecule has 166 valence electrons. The Morgan fingerprint density at radius 1 is 0.909 bits per heavy atom. The second-order valence-electron chi connectivity index (χ2n) is 8.19. The van der Waals surface area contributed by atoms with E-state index in [0.29, 0.717) is 16.3 Å². The Bertz CT molecular complexity index is 1220. The van der Waals surface area contributed by atoms with Crippen LogP contribution in [0.4, 0.5) is 5.69 Å². The number of fused-ring (bicyclic) bond motifs is 1. The summed E-state index contributed by atoms with van der Waals surface area (Å²) in [5, 5.41) is 3.86. The zero-order chi connectivity index (χ0) is 23.2. The van der Waals surface area contributed by atoms with Gasteiger partial charge >= 0.3 is 5.97 Å². The number of esters is 1. The maximum absolute atomic E-state index is 13.9. The minimum atomic E-state index is -1.52. The number of amides is 2. The second-order valence-corrected chi connectivity index (χ2v) is 8.63. The molecule has 7 heteroatoms. The van der Waals surface area contributed by atoms with Gasteiger partial charge in [-0.25, -0.2) is 9.69 Å². The summed E-state index contributed by atoms with van der Waals surface area (Å²) in [7, 11) is 1.29. The summed E-state index contributed by atoms with van der Waals surface area (Å²) in [6.07, 6.45) is 0. The molecule has 2 aliphatic rings. The highest BCUT2D eigenvalue weighted by atomic mass is 35.5. The van der Waals surface area contributed by atoms with E-state index in [4.69, 9.17) is 16.3 Å². The van der Waals surface area contributed by atoms with E-state index in [1.165, 1.54) is 12.0 Å². The molecule has 2 fully saturated rings. The van der Waals surface area contributed by atoms with Crippen LogP contribution in [0.5, 0.6) is 0 Å². The van der Waals surface area contributed by atoms with Crippen LogP contribution in [0.15, 0.2) is 84.9 Å². The largest absolute Gasteiger partial charge is 0.467 e. The van der Waals surface area contributed by atoms with Gasteiger partial charge in [-0.1, -0.05) is 72.3 Å². The summed E-state index contributed by atoms with van der Waals surface area (Å²) in [5.41, 5.74) is 0.287. The minimum absolute atomic E-state index is 0.365. The molecule has 6 nitrogen and oxygen atoms in total. The number of hydrogen-bond donors (Lipinski definition) is 1. The molecule has 0 unspecified atom stereocenters. The maximum atomic E-state index is 13.9. The van der Waals surface area contributed by atoms with Crippen LogP contribution in [0, 0.1) is 11.8 Å². The molecule has 1 N–H and O–H groups in total. The first-order valence-corrected chi connectivity index (χ1v) is 11.0. The molecular weight excluding hydrogens is 440 g/mol. The van der Waals surface area contributed by atoms with Crippen LogP contribution in [0.2, 0.25) is 5.02 Å². The molecule has 4 atom stereocenters. The van der Waals surface area contributed by atoms with Crippen molar-refractivity contribution in [1.82, 2.24) is 5.32 Å². The lowest BCUT2D eigenvalue weighted by atomic mass is 9.75. The van der Waals surface area contributed by atoms with Crippen molar-refractivity contribution in [2.45, 2.75) is 11.6 Å². The quantitative estimate of drug-likeness (QED) is 0.472. The van der Waals surface area contributed by atoms with Crippen molar-refractivity contribution in [3.05, 3.63) is 101 Å². The fourth-order valence-electron chi connectivity index (χ4n) is 5.13. The maximum Gasteiger partial charge on any atom is 0.331 e. The first kappa shape index (κ1) is 21.4. The Morgan fingerprint density at radius 2 is 1.52 bits per heavy atom. The smallest absolute Gasteiger partial charge is 0.331 e. The van der Waals surface area contributed by atoms with Crippen molar-refractivity contribution in [3.63, 3.8) is 0 Å². The zero-order valence-corrected chi connectivity index (χ0v) is 18.5. The minimum Gasteiger partial charge on any atom is -0.467 e. The van der Waals surface area contributed by atoms with Crippen molar-refractivity contribution < 1.29 is 19.1 Å². The Hall–Kier alpha value is -3.48. The van der Waals surface area contributed by atoms with E-state index in [1.807, 2.05) is 36.4 Å². The van der Waals surface area contributed by atoms with Crippen LogP contribution in [0.25, 0.3) is 0 Å². The molecule has 2 heterocycles. The van der Waals surface area contributed by atoms with Crippen molar-refractivity contribution >= 4 is 35.1 Å². The normalized spacial score (nSPS) is 26.4. The molecule has 2 saturated heterocycles. The van der Waals surface area contributed by atoms with Gasteiger partial charge in [0.1, 0.15) is 0 Å². The third kappa shape index (κ3) is 3.17. The molecule has 0 radical (unpaired) electrons. The number of carbonyl (C=O) groups is 3. The molecular formula is C26H21ClN2O4. The van der Waals surface area contributed by atoms with Crippen LogP contribution < -0.4 is 10.2 Å². The van der Waals surface area contributed by atoms with Gasteiger partial charge in [-0.2, -0.15) is 0 Å². The van der Waals surface area contributed by atoms with Crippen LogP contribution in [-0.4, -0.2) is 24.9 Å². The second kappa shape index (κ2) is 8.14. The molecule has 0 saturated carbocycles. The molecule has 5 rings (SSSR count). The number of ether oxygens (including phenoxy) is 1. The fraction of sp³-hybridized carbons (Fsp3) is 0.192. The molecule has 3 aromatic carbocycles. The third-order valence-corrected chi connectivity index (χ3v) is 6.79. The summed E-state index contributed by atoms with van der Waals surface area (Å²) >= 11 is 6.02. The van der Waals surface area contributed by atoms with Crippen molar-refractivity contribution in [2.75, 3.05) is 12.0 Å². The number of hydrogen-bond acceptors (Lipinski definition) is 5. The van der Waals surface area contributed by atoms with E-state index in [9.17, 15) is 14.4 Å². The average molecular weight is 461 g/mol. The molecule has 33 heavy (non-hydrogen) atoms. The number of rotatable bonds is 4. The fourth-order valence-corrected chi connectivity index (χ4v) is 5.26. The van der Waals surface area contributed by atoms with Gasteiger partial charge in [0.15, 0.2) is 5.54 Å². The van der Waals surface area contributed by atoms with E-state index in [2.05, 4.69) is 5.32 Å². The molecule has 0 aliphatic carbocycles. The number of anilines is 1. The Labute approximate surface area is 196 Å². The van der Waals surface area contributed by atoms with Gasteiger partial charge in [0.2, 0.25) is 11.8 Å². The monoisotopic (exact) mass is 460 g/mol. The molecule has 0 spiro atoms. The van der Waals surface area contributed by atoms with Gasteiger partial charge in [-0.3, -0.25) is 14.9 Å². The average Bonchev–Trinajstić information content (AvgIpc) is 3.35. The van der Waals surface area contributed by atoms with Gasteiger partial charge in [0.05, 0.1) is 24.6 Å². The number of carbonyl (C=O) groups excluding carboxylic acids is 3. The summed E-state index contributed by atoms with van der Waals surface area (Å²) in [6, 6.07) is 24.3. The predicted octanol–water partition coefficient (Wildman–Crippen LogP) is 3.86.